The predicted octanol–water partition coefficient (Wildman–Crippen LogP) is 4.32. The molecule has 25 heavy (non-hydrogen) atoms. The van der Waals surface area contributed by atoms with Crippen molar-refractivity contribution in [2.24, 2.45) is 0 Å². The highest BCUT2D eigenvalue weighted by Crippen LogP contribution is 2.19. The maximum absolute atomic E-state index is 11.9. The molecule has 0 aromatic heterocycles. The summed E-state index contributed by atoms with van der Waals surface area (Å²) in [6.07, 6.45) is 0.891. The Morgan fingerprint density at radius 2 is 1.96 bits per heavy atom. The van der Waals surface area contributed by atoms with Crippen LogP contribution in [0.25, 0.3) is 0 Å². The van der Waals surface area contributed by atoms with Gasteiger partial charge in [0.1, 0.15) is 5.75 Å². The van der Waals surface area contributed by atoms with Gasteiger partial charge in [0.2, 0.25) is 5.91 Å². The SMILES string of the molecule is Cc1ccc(C)c(OCCCSCC(=O)Nc2ccc(C#N)cc2)c1. The molecular formula is C20H22N2O2S. The van der Waals surface area contributed by atoms with E-state index in [2.05, 4.69) is 30.4 Å². The lowest BCUT2D eigenvalue weighted by atomic mass is 10.1. The smallest absolute Gasteiger partial charge is 0.234 e. The molecule has 2 aromatic rings. The van der Waals surface area contributed by atoms with E-state index in [0.29, 0.717) is 23.6 Å². The molecule has 5 heteroatoms. The molecule has 0 spiro atoms. The number of rotatable bonds is 8. The maximum atomic E-state index is 11.9. The number of nitriles is 1. The molecule has 130 valence electrons. The van der Waals surface area contributed by atoms with Crippen molar-refractivity contribution < 1.29 is 9.53 Å². The summed E-state index contributed by atoms with van der Waals surface area (Å²) in [5.74, 6) is 2.17. The van der Waals surface area contributed by atoms with Crippen molar-refractivity contribution in [2.45, 2.75) is 20.3 Å². The minimum Gasteiger partial charge on any atom is -0.493 e. The summed E-state index contributed by atoms with van der Waals surface area (Å²) in [5.41, 5.74) is 3.62. The van der Waals surface area contributed by atoms with Gasteiger partial charge >= 0.3 is 0 Å². The van der Waals surface area contributed by atoms with Crippen molar-refractivity contribution in [3.05, 3.63) is 59.2 Å². The van der Waals surface area contributed by atoms with Crippen LogP contribution in [0.15, 0.2) is 42.5 Å². The summed E-state index contributed by atoms with van der Waals surface area (Å²) in [6, 6.07) is 15.1. The number of carbonyl (C=O) groups excluding carboxylic acids is 1. The molecule has 1 N–H and O–H groups in total. The largest absolute Gasteiger partial charge is 0.493 e. The van der Waals surface area contributed by atoms with Crippen molar-refractivity contribution in [3.63, 3.8) is 0 Å². The van der Waals surface area contributed by atoms with Gasteiger partial charge in [-0.1, -0.05) is 12.1 Å². The second kappa shape index (κ2) is 9.75. The molecule has 0 aliphatic heterocycles. The third-order valence-electron chi connectivity index (χ3n) is 3.57. The number of thioether (sulfide) groups is 1. The minimum atomic E-state index is -0.0369. The number of nitrogens with zero attached hydrogens (tertiary/aromatic N) is 1. The number of nitrogens with one attached hydrogen (secondary N) is 1. The average Bonchev–Trinajstić information content (AvgIpc) is 2.61. The monoisotopic (exact) mass is 354 g/mol. The van der Waals surface area contributed by atoms with Crippen LogP contribution in [0, 0.1) is 25.2 Å². The molecular weight excluding hydrogens is 332 g/mol. The third-order valence-corrected chi connectivity index (χ3v) is 4.61. The van der Waals surface area contributed by atoms with Gasteiger partial charge in [-0.25, -0.2) is 0 Å². The van der Waals surface area contributed by atoms with E-state index in [1.54, 1.807) is 36.0 Å². The molecule has 0 radical (unpaired) electrons. The molecule has 0 aliphatic carbocycles. The average molecular weight is 354 g/mol. The highest BCUT2D eigenvalue weighted by molar-refractivity contribution is 7.99. The van der Waals surface area contributed by atoms with Crippen molar-refractivity contribution >= 4 is 23.4 Å². The van der Waals surface area contributed by atoms with Crippen LogP contribution in [-0.2, 0) is 4.79 Å². The van der Waals surface area contributed by atoms with Crippen molar-refractivity contribution in [1.29, 1.82) is 5.26 Å². The number of benzene rings is 2. The molecule has 2 rings (SSSR count). The first-order valence-electron chi connectivity index (χ1n) is 8.16. The topological polar surface area (TPSA) is 62.1 Å². The zero-order valence-corrected chi connectivity index (χ0v) is 15.4. The minimum absolute atomic E-state index is 0.0369. The van der Waals surface area contributed by atoms with Crippen LogP contribution in [0.3, 0.4) is 0 Å². The Labute approximate surface area is 153 Å². The van der Waals surface area contributed by atoms with E-state index in [4.69, 9.17) is 10.00 Å². The Balaban J connectivity index is 1.61. The van der Waals surface area contributed by atoms with Crippen molar-refractivity contribution in [1.82, 2.24) is 0 Å². The Hall–Kier alpha value is -2.45. The third kappa shape index (κ3) is 6.52. The van der Waals surface area contributed by atoms with Crippen LogP contribution in [-0.4, -0.2) is 24.0 Å². The summed E-state index contributed by atoms with van der Waals surface area (Å²) < 4.78 is 5.80. The van der Waals surface area contributed by atoms with Gasteiger partial charge in [-0.05, 0) is 67.5 Å². The Morgan fingerprint density at radius 1 is 1.20 bits per heavy atom. The van der Waals surface area contributed by atoms with Crippen LogP contribution in [0.4, 0.5) is 5.69 Å². The zero-order valence-electron chi connectivity index (χ0n) is 14.5. The van der Waals surface area contributed by atoms with Crippen molar-refractivity contribution in [3.8, 4) is 11.8 Å². The highest BCUT2D eigenvalue weighted by Gasteiger charge is 2.04. The molecule has 0 unspecified atom stereocenters. The number of hydrogen-bond donors (Lipinski definition) is 1. The number of anilines is 1. The summed E-state index contributed by atoms with van der Waals surface area (Å²) in [6.45, 7) is 4.74. The van der Waals surface area contributed by atoms with Gasteiger partial charge < -0.3 is 10.1 Å². The Kier molecular flexibility index (Phi) is 7.36. The normalized spacial score (nSPS) is 10.1. The van der Waals surface area contributed by atoms with Crippen LogP contribution in [0.5, 0.6) is 5.75 Å². The van der Waals surface area contributed by atoms with Gasteiger partial charge in [0.05, 0.1) is 24.0 Å². The van der Waals surface area contributed by atoms with Crippen LogP contribution < -0.4 is 10.1 Å². The second-order valence-corrected chi connectivity index (χ2v) is 6.87. The molecule has 0 heterocycles. The van der Waals surface area contributed by atoms with Crippen LogP contribution >= 0.6 is 11.8 Å². The van der Waals surface area contributed by atoms with E-state index in [0.717, 1.165) is 23.5 Å². The quantitative estimate of drug-likeness (QED) is 0.717. The van der Waals surface area contributed by atoms with Gasteiger partial charge in [0, 0.05) is 5.69 Å². The molecule has 2 aromatic carbocycles. The standard InChI is InChI=1S/C20H22N2O2S/c1-15-4-5-16(2)19(12-15)24-10-3-11-25-14-20(23)22-18-8-6-17(13-21)7-9-18/h4-9,12H,3,10-11,14H2,1-2H3,(H,22,23). The lowest BCUT2D eigenvalue weighted by molar-refractivity contribution is -0.113. The van der Waals surface area contributed by atoms with Crippen LogP contribution in [0.2, 0.25) is 0 Å². The molecule has 0 saturated heterocycles. The number of hydrogen-bond acceptors (Lipinski definition) is 4. The van der Waals surface area contributed by atoms with Gasteiger partial charge in [-0.15, -0.1) is 0 Å². The van der Waals surface area contributed by atoms with Gasteiger partial charge in [-0.2, -0.15) is 17.0 Å². The van der Waals surface area contributed by atoms with E-state index in [1.807, 2.05) is 13.0 Å². The van der Waals surface area contributed by atoms with E-state index in [1.165, 1.54) is 5.56 Å². The lowest BCUT2D eigenvalue weighted by Gasteiger charge is -2.10. The molecule has 0 aliphatic rings. The fourth-order valence-electron chi connectivity index (χ4n) is 2.20. The molecule has 0 saturated carbocycles. The number of carbonyl (C=O) groups is 1. The first kappa shape index (κ1) is 18.9. The summed E-state index contributed by atoms with van der Waals surface area (Å²) >= 11 is 1.59. The van der Waals surface area contributed by atoms with E-state index in [9.17, 15) is 4.79 Å². The zero-order chi connectivity index (χ0) is 18.1. The molecule has 4 nitrogen and oxygen atoms in total. The van der Waals surface area contributed by atoms with E-state index in [-0.39, 0.29) is 5.91 Å². The predicted molar refractivity (Wildman–Crippen MR) is 103 cm³/mol. The summed E-state index contributed by atoms with van der Waals surface area (Å²) in [7, 11) is 0. The van der Waals surface area contributed by atoms with Gasteiger partial charge in [0.15, 0.2) is 0 Å². The number of ether oxygens (including phenoxy) is 1. The Morgan fingerprint density at radius 3 is 2.68 bits per heavy atom. The van der Waals surface area contributed by atoms with Gasteiger partial charge in [-0.3, -0.25) is 4.79 Å². The van der Waals surface area contributed by atoms with Crippen LogP contribution in [0.1, 0.15) is 23.1 Å². The van der Waals surface area contributed by atoms with Gasteiger partial charge in [0.25, 0.3) is 0 Å². The summed E-state index contributed by atoms with van der Waals surface area (Å²) in [4.78, 5) is 11.9. The lowest BCUT2D eigenvalue weighted by Crippen LogP contribution is -2.14. The number of amides is 1. The van der Waals surface area contributed by atoms with E-state index >= 15 is 0 Å². The molecule has 0 fully saturated rings. The number of aryl methyl sites for hydroxylation is 2. The molecule has 1 amide bonds. The summed E-state index contributed by atoms with van der Waals surface area (Å²) in [5, 5.41) is 11.6. The first-order valence-corrected chi connectivity index (χ1v) is 9.32. The van der Waals surface area contributed by atoms with Crippen molar-refractivity contribution in [2.75, 3.05) is 23.4 Å². The highest BCUT2D eigenvalue weighted by atomic mass is 32.2. The Bertz CT molecular complexity index is 751. The first-order chi connectivity index (χ1) is 12.1. The fraction of sp³-hybridized carbons (Fsp3) is 0.300. The maximum Gasteiger partial charge on any atom is 0.234 e. The fourth-order valence-corrected chi connectivity index (χ4v) is 2.92. The molecule has 0 bridgehead atoms. The van der Waals surface area contributed by atoms with E-state index < -0.39 is 0 Å². The molecule has 0 atom stereocenters. The second-order valence-electron chi connectivity index (χ2n) is 5.76.